The van der Waals surface area contributed by atoms with Crippen molar-refractivity contribution in [1.29, 1.82) is 0 Å². The maximum atomic E-state index is 12.0. The summed E-state index contributed by atoms with van der Waals surface area (Å²) in [5, 5.41) is 13.7. The number of benzene rings is 2. The van der Waals surface area contributed by atoms with Gasteiger partial charge in [0.05, 0.1) is 17.1 Å². The van der Waals surface area contributed by atoms with Crippen molar-refractivity contribution in [2.75, 3.05) is 13.2 Å². The first-order valence-electron chi connectivity index (χ1n) is 7.90. The van der Waals surface area contributed by atoms with Crippen LogP contribution < -0.4 is 10.1 Å². The van der Waals surface area contributed by atoms with E-state index in [9.17, 15) is 19.7 Å². The van der Waals surface area contributed by atoms with E-state index in [4.69, 9.17) is 9.47 Å². The van der Waals surface area contributed by atoms with Crippen LogP contribution in [-0.4, -0.2) is 30.0 Å². The highest BCUT2D eigenvalue weighted by Crippen LogP contribution is 2.28. The number of hydrogen-bond acceptors (Lipinski definition) is 6. The van der Waals surface area contributed by atoms with Crippen LogP contribution in [0.4, 0.5) is 5.69 Å². The summed E-state index contributed by atoms with van der Waals surface area (Å²) in [6.07, 6.45) is 0. The highest BCUT2D eigenvalue weighted by molar-refractivity contribution is 5.92. The molecule has 2 aromatic rings. The largest absolute Gasteiger partial charge is 0.487 e. The lowest BCUT2D eigenvalue weighted by Crippen LogP contribution is -2.28. The number of carbonyl (C=O) groups is 2. The zero-order chi connectivity index (χ0) is 18.9. The Morgan fingerprint density at radius 2 is 1.88 bits per heavy atom. The number of amides is 1. The van der Waals surface area contributed by atoms with E-state index in [-0.39, 0.29) is 23.6 Å². The summed E-state index contributed by atoms with van der Waals surface area (Å²) in [6, 6.07) is 13.0. The van der Waals surface area contributed by atoms with Gasteiger partial charge < -0.3 is 14.8 Å². The van der Waals surface area contributed by atoms with Gasteiger partial charge in [-0.2, -0.15) is 0 Å². The van der Waals surface area contributed by atoms with E-state index in [1.54, 1.807) is 6.92 Å². The van der Waals surface area contributed by atoms with Crippen molar-refractivity contribution in [3.05, 3.63) is 69.8 Å². The van der Waals surface area contributed by atoms with E-state index >= 15 is 0 Å². The van der Waals surface area contributed by atoms with Gasteiger partial charge in [0.1, 0.15) is 0 Å². The first kappa shape index (κ1) is 18.9. The van der Waals surface area contributed by atoms with Crippen LogP contribution in [0.3, 0.4) is 0 Å². The molecule has 0 fully saturated rings. The molecular formula is C18H18N2O6. The molecule has 1 N–H and O–H groups in total. The molecule has 0 radical (unpaired) electrons. The predicted octanol–water partition coefficient (Wildman–Crippen LogP) is 2.47. The van der Waals surface area contributed by atoms with Crippen LogP contribution in [0, 0.1) is 10.1 Å². The van der Waals surface area contributed by atoms with Crippen LogP contribution in [0.1, 0.15) is 22.8 Å². The average Bonchev–Trinajstić information content (AvgIpc) is 2.65. The monoisotopic (exact) mass is 358 g/mol. The Bertz CT molecular complexity index is 792. The second kappa shape index (κ2) is 9.16. The summed E-state index contributed by atoms with van der Waals surface area (Å²) in [5.41, 5.74) is 0.542. The molecule has 26 heavy (non-hydrogen) atoms. The van der Waals surface area contributed by atoms with Gasteiger partial charge in [-0.1, -0.05) is 30.3 Å². The lowest BCUT2D eigenvalue weighted by Gasteiger charge is -2.08. The molecule has 0 spiro atoms. The van der Waals surface area contributed by atoms with Crippen molar-refractivity contribution < 1.29 is 24.0 Å². The van der Waals surface area contributed by atoms with Crippen molar-refractivity contribution in [2.45, 2.75) is 13.5 Å². The fraction of sp³-hybridized carbons (Fsp3) is 0.222. The lowest BCUT2D eigenvalue weighted by molar-refractivity contribution is -0.385. The molecule has 0 aliphatic carbocycles. The molecule has 0 aliphatic rings. The van der Waals surface area contributed by atoms with E-state index in [2.05, 4.69) is 5.32 Å². The van der Waals surface area contributed by atoms with Gasteiger partial charge in [-0.15, -0.1) is 0 Å². The maximum absolute atomic E-state index is 12.0. The van der Waals surface area contributed by atoms with Gasteiger partial charge in [0, 0.05) is 12.6 Å². The molecule has 8 heteroatoms. The molecule has 0 saturated heterocycles. The Kier molecular flexibility index (Phi) is 6.67. The van der Waals surface area contributed by atoms with Crippen molar-refractivity contribution in [3.63, 3.8) is 0 Å². The topological polar surface area (TPSA) is 108 Å². The number of nitro groups is 1. The number of esters is 1. The number of nitrogens with one attached hydrogen (secondary N) is 1. The van der Waals surface area contributed by atoms with Crippen LogP contribution in [-0.2, 0) is 16.1 Å². The summed E-state index contributed by atoms with van der Waals surface area (Å²) in [7, 11) is 0. The van der Waals surface area contributed by atoms with Gasteiger partial charge in [0.25, 0.3) is 5.91 Å². The van der Waals surface area contributed by atoms with Crippen LogP contribution in [0.25, 0.3) is 0 Å². The highest BCUT2D eigenvalue weighted by Gasteiger charge is 2.19. The molecule has 0 aromatic heterocycles. The van der Waals surface area contributed by atoms with Gasteiger partial charge >= 0.3 is 11.7 Å². The Labute approximate surface area is 149 Å². The SMILES string of the molecule is CCOc1ccc(C(=O)OCC(=O)NCc2ccccc2)cc1[N+](=O)[O-]. The third-order valence-electron chi connectivity index (χ3n) is 3.36. The molecule has 2 aromatic carbocycles. The van der Waals surface area contributed by atoms with Crippen LogP contribution in [0.2, 0.25) is 0 Å². The molecule has 0 aliphatic heterocycles. The minimum atomic E-state index is -0.828. The predicted molar refractivity (Wildman–Crippen MR) is 92.8 cm³/mol. The van der Waals surface area contributed by atoms with Gasteiger partial charge in [0.15, 0.2) is 12.4 Å². The van der Waals surface area contributed by atoms with E-state index in [0.717, 1.165) is 11.6 Å². The molecule has 1 amide bonds. The van der Waals surface area contributed by atoms with Gasteiger partial charge in [0.2, 0.25) is 0 Å². The quantitative estimate of drug-likeness (QED) is 0.441. The molecule has 0 atom stereocenters. The first-order chi connectivity index (χ1) is 12.5. The van der Waals surface area contributed by atoms with Crippen LogP contribution >= 0.6 is 0 Å². The zero-order valence-electron chi connectivity index (χ0n) is 14.1. The summed E-state index contributed by atoms with van der Waals surface area (Å²) in [5.74, 6) is -1.23. The molecule has 2 rings (SSSR count). The molecular weight excluding hydrogens is 340 g/mol. The Morgan fingerprint density at radius 1 is 1.15 bits per heavy atom. The first-order valence-corrected chi connectivity index (χ1v) is 7.90. The summed E-state index contributed by atoms with van der Waals surface area (Å²) < 4.78 is 10.0. The minimum Gasteiger partial charge on any atom is -0.487 e. The van der Waals surface area contributed by atoms with Gasteiger partial charge in [-0.05, 0) is 24.6 Å². The third kappa shape index (κ3) is 5.30. The number of nitro benzene ring substituents is 1. The third-order valence-corrected chi connectivity index (χ3v) is 3.36. The molecule has 0 bridgehead atoms. The van der Waals surface area contributed by atoms with Crippen molar-refractivity contribution in [3.8, 4) is 5.75 Å². The molecule has 8 nitrogen and oxygen atoms in total. The van der Waals surface area contributed by atoms with E-state index in [1.165, 1.54) is 12.1 Å². The van der Waals surface area contributed by atoms with Crippen LogP contribution in [0.5, 0.6) is 5.75 Å². The van der Waals surface area contributed by atoms with Gasteiger partial charge in [-0.25, -0.2) is 4.79 Å². The minimum absolute atomic E-state index is 0.0315. The number of rotatable bonds is 8. The highest BCUT2D eigenvalue weighted by atomic mass is 16.6. The number of ether oxygens (including phenoxy) is 2. The molecule has 136 valence electrons. The molecule has 0 saturated carbocycles. The average molecular weight is 358 g/mol. The maximum Gasteiger partial charge on any atom is 0.338 e. The fourth-order valence-electron chi connectivity index (χ4n) is 2.13. The van der Waals surface area contributed by atoms with Crippen molar-refractivity contribution in [2.24, 2.45) is 0 Å². The van der Waals surface area contributed by atoms with Crippen molar-refractivity contribution >= 4 is 17.6 Å². The second-order valence-electron chi connectivity index (χ2n) is 5.21. The lowest BCUT2D eigenvalue weighted by atomic mass is 10.2. The van der Waals surface area contributed by atoms with Crippen molar-refractivity contribution in [1.82, 2.24) is 5.32 Å². The standard InChI is InChI=1S/C18H18N2O6/c1-2-25-16-9-8-14(10-15(16)20(23)24)18(22)26-12-17(21)19-11-13-6-4-3-5-7-13/h3-10H,2,11-12H2,1H3,(H,19,21). The van der Waals surface area contributed by atoms with Gasteiger partial charge in [-0.3, -0.25) is 14.9 Å². The number of nitrogens with zero attached hydrogens (tertiary/aromatic N) is 1. The number of hydrogen-bond donors (Lipinski definition) is 1. The Morgan fingerprint density at radius 3 is 2.54 bits per heavy atom. The second-order valence-corrected chi connectivity index (χ2v) is 5.21. The normalized spacial score (nSPS) is 10.0. The molecule has 0 unspecified atom stereocenters. The number of carbonyl (C=O) groups excluding carboxylic acids is 2. The fourth-order valence-corrected chi connectivity index (χ4v) is 2.13. The Balaban J connectivity index is 1.91. The summed E-state index contributed by atoms with van der Waals surface area (Å²) in [4.78, 5) is 34.2. The smallest absolute Gasteiger partial charge is 0.338 e. The van der Waals surface area contributed by atoms with E-state index in [0.29, 0.717) is 6.54 Å². The van der Waals surface area contributed by atoms with Crippen LogP contribution in [0.15, 0.2) is 48.5 Å². The molecule has 0 heterocycles. The van der Waals surface area contributed by atoms with E-state index in [1.807, 2.05) is 30.3 Å². The zero-order valence-corrected chi connectivity index (χ0v) is 14.1. The Hall–Kier alpha value is -3.42. The summed E-state index contributed by atoms with van der Waals surface area (Å²) in [6.45, 7) is 1.78. The summed E-state index contributed by atoms with van der Waals surface area (Å²) >= 11 is 0. The van der Waals surface area contributed by atoms with E-state index < -0.39 is 23.4 Å².